The minimum absolute atomic E-state index is 0.0450. The third-order valence-electron chi connectivity index (χ3n) is 15.4. The van der Waals surface area contributed by atoms with Gasteiger partial charge < -0.3 is 28.9 Å². The van der Waals surface area contributed by atoms with Gasteiger partial charge in [-0.25, -0.2) is 9.97 Å². The van der Waals surface area contributed by atoms with Gasteiger partial charge in [-0.1, -0.05) is 167 Å². The first-order valence-electron chi connectivity index (χ1n) is 30.1. The van der Waals surface area contributed by atoms with Crippen molar-refractivity contribution >= 4 is 92.1 Å². The van der Waals surface area contributed by atoms with Gasteiger partial charge in [0.2, 0.25) is 0 Å². The maximum Gasteiger partial charge on any atom is 0.306 e. The Morgan fingerprint density at radius 3 is 1.00 bits per heavy atom. The SMILES string of the molecule is CC(=O)SCCC(=O)OCCOc1cccc(-c2c3nc(c(-c4cccc(OCCOC(=O)CCSC(C)=O)c4)c4ccc([nH]4)c(-c4cc(C(C)(C)C)cc(C(C)(C)C)c4)c4nc(c(-c5cc(C(C)(C)C)cc(C(C)(C)C)c5)c5ccc2[nH]5)C=C4)C=C3)c1. The van der Waals surface area contributed by atoms with Crippen LogP contribution < -0.4 is 9.47 Å². The van der Waals surface area contributed by atoms with Gasteiger partial charge in [0.25, 0.3) is 0 Å². The number of H-pyrrole nitrogens is 2. The lowest BCUT2D eigenvalue weighted by atomic mass is 9.78. The van der Waals surface area contributed by atoms with Gasteiger partial charge in [0.05, 0.1) is 35.6 Å². The van der Waals surface area contributed by atoms with Crippen LogP contribution in [0.2, 0.25) is 0 Å². The molecule has 2 aliphatic rings. The van der Waals surface area contributed by atoms with Crippen LogP contribution in [0.5, 0.6) is 11.5 Å². The number of aromatic amines is 2. The third-order valence-corrected chi connectivity index (χ3v) is 17.0. The average molecular weight is 1220 g/mol. The van der Waals surface area contributed by atoms with Crippen LogP contribution in [0.1, 0.15) is 155 Å². The second-order valence-corrected chi connectivity index (χ2v) is 29.0. The van der Waals surface area contributed by atoms with E-state index in [1.807, 2.05) is 48.5 Å². The van der Waals surface area contributed by atoms with Crippen molar-refractivity contribution in [2.45, 2.75) is 131 Å². The lowest BCUT2D eigenvalue weighted by Crippen LogP contribution is -2.16. The van der Waals surface area contributed by atoms with Crippen LogP contribution >= 0.6 is 23.5 Å². The molecule has 0 fully saturated rings. The van der Waals surface area contributed by atoms with Gasteiger partial charge in [0.1, 0.15) is 37.9 Å². The van der Waals surface area contributed by atoms with E-state index in [0.717, 1.165) is 101 Å². The summed E-state index contributed by atoms with van der Waals surface area (Å²) in [6, 6.07) is 38.2. The number of ether oxygens (including phenoxy) is 4. The highest BCUT2D eigenvalue weighted by atomic mass is 32.2. The largest absolute Gasteiger partial charge is 0.490 e. The summed E-state index contributed by atoms with van der Waals surface area (Å²) in [4.78, 5) is 67.1. The normalized spacial score (nSPS) is 12.5. The van der Waals surface area contributed by atoms with Crippen molar-refractivity contribution in [1.82, 2.24) is 19.9 Å². The van der Waals surface area contributed by atoms with Gasteiger partial charge in [-0.05, 0) is 139 Å². The van der Waals surface area contributed by atoms with E-state index in [0.29, 0.717) is 34.4 Å². The molecule has 14 heteroatoms. The van der Waals surface area contributed by atoms with Crippen LogP contribution in [0.25, 0.3) is 90.9 Å². The van der Waals surface area contributed by atoms with Crippen molar-refractivity contribution in [2.75, 3.05) is 37.9 Å². The monoisotopic (exact) mass is 1220 g/mol. The van der Waals surface area contributed by atoms with Crippen LogP contribution in [-0.4, -0.2) is 80.0 Å². The predicted octanol–water partition coefficient (Wildman–Crippen LogP) is 17.7. The molecule has 0 radical (unpaired) electrons. The van der Waals surface area contributed by atoms with E-state index in [-0.39, 0.29) is 83.1 Å². The number of hydrogen-bond donors (Lipinski definition) is 2. The molecule has 0 saturated carbocycles. The van der Waals surface area contributed by atoms with Gasteiger partial charge >= 0.3 is 11.9 Å². The minimum Gasteiger partial charge on any atom is -0.490 e. The summed E-state index contributed by atoms with van der Waals surface area (Å²) in [6.07, 6.45) is 8.67. The maximum absolute atomic E-state index is 12.5. The van der Waals surface area contributed by atoms with Gasteiger partial charge in [0, 0.05) is 69.7 Å². The summed E-state index contributed by atoms with van der Waals surface area (Å²) in [5, 5.41) is -0.0905. The Bertz CT molecular complexity index is 3730. The highest BCUT2D eigenvalue weighted by Crippen LogP contribution is 2.43. The molecule has 0 atom stereocenters. The number of esters is 2. The molecule has 2 aliphatic heterocycles. The Labute approximate surface area is 526 Å². The molecule has 0 unspecified atom stereocenters. The number of hydrogen-bond acceptors (Lipinski definition) is 12. The van der Waals surface area contributed by atoms with Crippen molar-refractivity contribution < 1.29 is 38.1 Å². The molecule has 2 N–H and O–H groups in total. The first kappa shape index (κ1) is 64.5. The fourth-order valence-corrected chi connectivity index (χ4v) is 11.6. The highest BCUT2D eigenvalue weighted by molar-refractivity contribution is 8.13. The number of thioether (sulfide) groups is 2. The van der Waals surface area contributed by atoms with Gasteiger partial charge in [0.15, 0.2) is 10.2 Å². The lowest BCUT2D eigenvalue weighted by Gasteiger charge is -2.26. The summed E-state index contributed by atoms with van der Waals surface area (Å²) in [5.74, 6) is 1.10. The Kier molecular flexibility index (Phi) is 19.7. The van der Waals surface area contributed by atoms with Crippen molar-refractivity contribution in [3.8, 4) is 56.0 Å². The molecular weight excluding hydrogens is 1140 g/mol. The van der Waals surface area contributed by atoms with E-state index in [9.17, 15) is 19.2 Å². The fraction of sp³-hybridized carbons (Fsp3) is 0.351. The first-order valence-corrected chi connectivity index (χ1v) is 32.1. The molecule has 8 bridgehead atoms. The number of carbonyl (C=O) groups excluding carboxylic acids is 4. The lowest BCUT2D eigenvalue weighted by molar-refractivity contribution is -0.144. The molecule has 3 aromatic heterocycles. The molecule has 4 aromatic carbocycles. The summed E-state index contributed by atoms with van der Waals surface area (Å²) >= 11 is 2.19. The number of aromatic nitrogens is 4. The molecule has 0 amide bonds. The standard InChI is InChI=1S/C74H82N4O8S2/c1-45(79)87-35-29-65(81)85-33-31-83-55-19-15-17-47(41-55)67-57-21-22-58(75-57)68(48-18-16-20-56(42-48)84-32-34-86-66(82)30-36-88-46(2)80)60-24-26-62(77-60)70(50-39-53(73(9,10)11)44-54(40-50)74(12,13)14)64-28-27-63(78-64)69(61-25-23-59(67)76-61)49-37-51(71(3,4)5)43-52(38-49)72(6,7)8/h15-28,37-44,76-77H,29-36H2,1-14H3. The van der Waals surface area contributed by atoms with Crippen LogP contribution in [0, 0.1) is 0 Å². The molecular formula is C74H82N4O8S2. The minimum atomic E-state index is -0.390. The topological polar surface area (TPSA) is 163 Å². The molecule has 12 nitrogen and oxygen atoms in total. The number of nitrogens with zero attached hydrogens (tertiary/aromatic N) is 2. The zero-order valence-electron chi connectivity index (χ0n) is 53.3. The average Bonchev–Trinajstić information content (AvgIpc) is 2.36. The quantitative estimate of drug-likeness (QED) is 0.0619. The van der Waals surface area contributed by atoms with E-state index in [4.69, 9.17) is 28.9 Å². The highest BCUT2D eigenvalue weighted by Gasteiger charge is 2.27. The Balaban J connectivity index is 1.31. The second-order valence-electron chi connectivity index (χ2n) is 26.5. The van der Waals surface area contributed by atoms with Crippen molar-refractivity contribution in [3.05, 3.63) is 154 Å². The van der Waals surface area contributed by atoms with Crippen LogP contribution in [0.4, 0.5) is 0 Å². The van der Waals surface area contributed by atoms with Crippen molar-refractivity contribution in [3.63, 3.8) is 0 Å². The number of benzene rings is 4. The Hall–Kier alpha value is -7.94. The Morgan fingerprint density at radius 1 is 0.398 bits per heavy atom. The van der Waals surface area contributed by atoms with E-state index in [2.05, 4.69) is 178 Å². The summed E-state index contributed by atoms with van der Waals surface area (Å²) in [7, 11) is 0. The molecule has 458 valence electrons. The molecule has 9 rings (SSSR count). The van der Waals surface area contributed by atoms with Crippen molar-refractivity contribution in [2.24, 2.45) is 0 Å². The van der Waals surface area contributed by atoms with Crippen molar-refractivity contribution in [1.29, 1.82) is 0 Å². The third kappa shape index (κ3) is 16.0. The van der Waals surface area contributed by atoms with Gasteiger partial charge in [-0.2, -0.15) is 0 Å². The smallest absolute Gasteiger partial charge is 0.306 e. The maximum atomic E-state index is 12.5. The predicted molar refractivity (Wildman–Crippen MR) is 364 cm³/mol. The molecule has 0 saturated heterocycles. The van der Waals surface area contributed by atoms with E-state index in [1.54, 1.807) is 0 Å². The number of rotatable bonds is 18. The molecule has 5 heterocycles. The molecule has 0 aliphatic carbocycles. The van der Waals surface area contributed by atoms with Crippen LogP contribution in [0.15, 0.2) is 109 Å². The van der Waals surface area contributed by atoms with Gasteiger partial charge in [-0.15, -0.1) is 0 Å². The summed E-state index contributed by atoms with van der Waals surface area (Å²) in [5.41, 5.74) is 17.9. The number of carbonyl (C=O) groups is 4. The van der Waals surface area contributed by atoms with E-state index in [1.165, 1.54) is 36.1 Å². The Morgan fingerprint density at radius 2 is 0.705 bits per heavy atom. The van der Waals surface area contributed by atoms with Crippen LogP contribution in [-0.2, 0) is 50.3 Å². The zero-order chi connectivity index (χ0) is 63.3. The van der Waals surface area contributed by atoms with Gasteiger partial charge in [-0.3, -0.25) is 19.2 Å². The second kappa shape index (κ2) is 26.8. The zero-order valence-corrected chi connectivity index (χ0v) is 55.0. The summed E-state index contributed by atoms with van der Waals surface area (Å²) < 4.78 is 23.5. The first-order chi connectivity index (χ1) is 41.6. The molecule has 0 spiro atoms. The van der Waals surface area contributed by atoms with Crippen LogP contribution in [0.3, 0.4) is 0 Å². The number of nitrogens with one attached hydrogen (secondary N) is 2. The van der Waals surface area contributed by atoms with E-state index < -0.39 is 0 Å². The van der Waals surface area contributed by atoms with E-state index >= 15 is 0 Å². The molecule has 7 aromatic rings. The summed E-state index contributed by atoms with van der Waals surface area (Å²) in [6.45, 7) is 30.5. The molecule has 88 heavy (non-hydrogen) atoms. The number of fused-ring (bicyclic) bond motifs is 8. The fourth-order valence-electron chi connectivity index (χ4n) is 10.5.